The normalized spacial score (nSPS) is 15.5. The third-order valence-corrected chi connectivity index (χ3v) is 5.43. The molecule has 1 N–H and O–H groups in total. The van der Waals surface area contributed by atoms with Gasteiger partial charge in [0.05, 0.1) is 18.5 Å². The summed E-state index contributed by atoms with van der Waals surface area (Å²) in [6.07, 6.45) is -0.502. The third kappa shape index (κ3) is 3.66. The molecule has 1 aliphatic heterocycles. The van der Waals surface area contributed by atoms with Crippen LogP contribution in [0.15, 0.2) is 47.8 Å². The first-order valence-electron chi connectivity index (χ1n) is 8.96. The van der Waals surface area contributed by atoms with Crippen molar-refractivity contribution < 1.29 is 19.1 Å². The van der Waals surface area contributed by atoms with Gasteiger partial charge in [-0.3, -0.25) is 14.9 Å². The van der Waals surface area contributed by atoms with E-state index in [4.69, 9.17) is 9.47 Å². The summed E-state index contributed by atoms with van der Waals surface area (Å²) in [4.78, 5) is 30.7. The van der Waals surface area contributed by atoms with E-state index in [1.165, 1.54) is 11.3 Å². The number of rotatable bonds is 4. The van der Waals surface area contributed by atoms with Crippen molar-refractivity contribution in [3.63, 3.8) is 0 Å². The zero-order valence-electron chi connectivity index (χ0n) is 16.1. The summed E-state index contributed by atoms with van der Waals surface area (Å²) in [5.41, 5.74) is 2.76. The van der Waals surface area contributed by atoms with Crippen molar-refractivity contribution in [3.8, 4) is 22.8 Å². The molecule has 1 atom stereocenters. The molecule has 0 fully saturated rings. The summed E-state index contributed by atoms with van der Waals surface area (Å²) in [7, 11) is 3.30. The van der Waals surface area contributed by atoms with E-state index < -0.39 is 6.10 Å². The Bertz CT molecular complexity index is 1080. The van der Waals surface area contributed by atoms with Gasteiger partial charge in [0.25, 0.3) is 11.8 Å². The number of aromatic nitrogens is 1. The molecule has 0 aliphatic carbocycles. The zero-order valence-corrected chi connectivity index (χ0v) is 16.9. The lowest BCUT2D eigenvalue weighted by molar-refractivity contribution is -0.125. The molecule has 8 heteroatoms. The van der Waals surface area contributed by atoms with Crippen molar-refractivity contribution >= 4 is 34.0 Å². The highest BCUT2D eigenvalue weighted by Gasteiger charge is 2.29. The van der Waals surface area contributed by atoms with E-state index in [1.54, 1.807) is 50.2 Å². The van der Waals surface area contributed by atoms with E-state index >= 15 is 0 Å². The minimum absolute atomic E-state index is 0.0969. The Morgan fingerprint density at radius 2 is 2.00 bits per heavy atom. The topological polar surface area (TPSA) is 80.8 Å². The number of hydrogen-bond acceptors (Lipinski definition) is 6. The molecule has 0 unspecified atom stereocenters. The van der Waals surface area contributed by atoms with Crippen molar-refractivity contribution in [1.29, 1.82) is 0 Å². The third-order valence-electron chi connectivity index (χ3n) is 4.68. The van der Waals surface area contributed by atoms with Crippen molar-refractivity contribution in [2.75, 3.05) is 24.4 Å². The van der Waals surface area contributed by atoms with Crippen molar-refractivity contribution in [3.05, 3.63) is 53.4 Å². The first-order chi connectivity index (χ1) is 14.0. The summed E-state index contributed by atoms with van der Waals surface area (Å²) in [5.74, 6) is 1.01. The molecular weight excluding hydrogens is 390 g/mol. The molecule has 2 amide bonds. The Labute approximate surface area is 171 Å². The standard InChI is InChI=1S/C21H19N3O4S/c1-12-20(26)24(2)17-10-14(6-9-18(17)28-12)16-11-29-21(22-16)23-19(25)13-4-7-15(27-3)8-5-13/h4-12H,1-3H3,(H,22,23,25)/t12-/m1/s1. The number of hydrogen-bond donors (Lipinski definition) is 1. The van der Waals surface area contributed by atoms with Crippen LogP contribution in [0.5, 0.6) is 11.5 Å². The largest absolute Gasteiger partial charge is 0.497 e. The zero-order chi connectivity index (χ0) is 20.5. The number of nitrogens with zero attached hydrogens (tertiary/aromatic N) is 2. The Balaban J connectivity index is 1.53. The molecule has 148 valence electrons. The van der Waals surface area contributed by atoms with Crippen LogP contribution in [0, 0.1) is 0 Å². The molecule has 0 radical (unpaired) electrons. The molecule has 1 aliphatic rings. The number of anilines is 2. The van der Waals surface area contributed by atoms with E-state index in [-0.39, 0.29) is 11.8 Å². The number of thiazole rings is 1. The molecule has 3 aromatic rings. The number of benzene rings is 2. The van der Waals surface area contributed by atoms with Crippen molar-refractivity contribution in [1.82, 2.24) is 4.98 Å². The molecule has 1 aromatic heterocycles. The summed E-state index contributed by atoms with van der Waals surface area (Å²) >= 11 is 1.33. The Morgan fingerprint density at radius 3 is 2.72 bits per heavy atom. The van der Waals surface area contributed by atoms with Gasteiger partial charge in [0.1, 0.15) is 11.5 Å². The quantitative estimate of drug-likeness (QED) is 0.709. The average Bonchev–Trinajstić information content (AvgIpc) is 3.20. The molecule has 29 heavy (non-hydrogen) atoms. The number of likely N-dealkylation sites (N-methyl/N-ethyl adjacent to an activating group) is 1. The molecule has 0 saturated carbocycles. The van der Waals surface area contributed by atoms with Crippen LogP contribution < -0.4 is 19.7 Å². The van der Waals surface area contributed by atoms with Gasteiger partial charge in [0.2, 0.25) is 0 Å². The molecular formula is C21H19N3O4S. The van der Waals surface area contributed by atoms with Gasteiger partial charge in [-0.1, -0.05) is 0 Å². The van der Waals surface area contributed by atoms with Crippen molar-refractivity contribution in [2.24, 2.45) is 0 Å². The Hall–Kier alpha value is -3.39. The summed E-state index contributed by atoms with van der Waals surface area (Å²) < 4.78 is 10.8. The molecule has 2 aromatic carbocycles. The fourth-order valence-electron chi connectivity index (χ4n) is 3.05. The lowest BCUT2D eigenvalue weighted by Gasteiger charge is -2.30. The lowest BCUT2D eigenvalue weighted by atomic mass is 10.1. The monoisotopic (exact) mass is 409 g/mol. The fraction of sp³-hybridized carbons (Fsp3) is 0.190. The SMILES string of the molecule is COc1ccc(C(=O)Nc2nc(-c3ccc4c(c3)N(C)C(=O)[C@@H](C)O4)cs2)cc1. The predicted octanol–water partition coefficient (Wildman–Crippen LogP) is 3.81. The minimum Gasteiger partial charge on any atom is -0.497 e. The summed E-state index contributed by atoms with van der Waals surface area (Å²) in [5, 5.41) is 5.16. The maximum Gasteiger partial charge on any atom is 0.267 e. The highest BCUT2D eigenvalue weighted by Crippen LogP contribution is 2.37. The first-order valence-corrected chi connectivity index (χ1v) is 9.84. The number of methoxy groups -OCH3 is 1. The minimum atomic E-state index is -0.502. The second kappa shape index (κ2) is 7.56. The van der Waals surface area contributed by atoms with E-state index in [9.17, 15) is 9.59 Å². The van der Waals surface area contributed by atoms with Crippen LogP contribution in [0.4, 0.5) is 10.8 Å². The van der Waals surface area contributed by atoms with Gasteiger partial charge in [-0.25, -0.2) is 4.98 Å². The number of amides is 2. The smallest absolute Gasteiger partial charge is 0.267 e. The van der Waals surface area contributed by atoms with Crippen LogP contribution in [0.3, 0.4) is 0 Å². The molecule has 0 spiro atoms. The second-order valence-corrected chi connectivity index (χ2v) is 7.42. The van der Waals surface area contributed by atoms with E-state index in [0.29, 0.717) is 33.6 Å². The van der Waals surface area contributed by atoms with Gasteiger partial charge in [-0.2, -0.15) is 0 Å². The van der Waals surface area contributed by atoms with Crippen LogP contribution in [0.1, 0.15) is 17.3 Å². The Morgan fingerprint density at radius 1 is 1.24 bits per heavy atom. The van der Waals surface area contributed by atoms with Gasteiger partial charge >= 0.3 is 0 Å². The highest BCUT2D eigenvalue weighted by atomic mass is 32.1. The van der Waals surface area contributed by atoms with E-state index in [0.717, 1.165) is 5.56 Å². The summed E-state index contributed by atoms with van der Waals surface area (Å²) in [6.45, 7) is 1.73. The Kier molecular flexibility index (Phi) is 4.94. The molecule has 0 saturated heterocycles. The molecule has 0 bridgehead atoms. The number of nitrogens with one attached hydrogen (secondary N) is 1. The number of ether oxygens (including phenoxy) is 2. The fourth-order valence-corrected chi connectivity index (χ4v) is 3.76. The van der Waals surface area contributed by atoms with Gasteiger partial charge in [-0.15, -0.1) is 11.3 Å². The number of carbonyl (C=O) groups is 2. The number of fused-ring (bicyclic) bond motifs is 1. The van der Waals surface area contributed by atoms with E-state index in [2.05, 4.69) is 10.3 Å². The molecule has 7 nitrogen and oxygen atoms in total. The van der Waals surface area contributed by atoms with E-state index in [1.807, 2.05) is 23.6 Å². The van der Waals surface area contributed by atoms with Gasteiger partial charge in [-0.05, 0) is 49.4 Å². The maximum atomic E-state index is 12.4. The maximum absolute atomic E-state index is 12.4. The first kappa shape index (κ1) is 18.9. The van der Waals surface area contributed by atoms with Gasteiger partial charge in [0.15, 0.2) is 11.2 Å². The lowest BCUT2D eigenvalue weighted by Crippen LogP contribution is -2.41. The average molecular weight is 409 g/mol. The summed E-state index contributed by atoms with van der Waals surface area (Å²) in [6, 6.07) is 12.4. The van der Waals surface area contributed by atoms with Crippen LogP contribution in [0.25, 0.3) is 11.3 Å². The van der Waals surface area contributed by atoms with Crippen LogP contribution in [-0.4, -0.2) is 37.1 Å². The van der Waals surface area contributed by atoms with Crippen LogP contribution in [0.2, 0.25) is 0 Å². The van der Waals surface area contributed by atoms with Crippen LogP contribution in [-0.2, 0) is 4.79 Å². The van der Waals surface area contributed by atoms with Gasteiger partial charge < -0.3 is 14.4 Å². The molecule has 2 heterocycles. The van der Waals surface area contributed by atoms with Gasteiger partial charge in [0, 0.05) is 23.6 Å². The van der Waals surface area contributed by atoms with Crippen molar-refractivity contribution in [2.45, 2.75) is 13.0 Å². The van der Waals surface area contributed by atoms with Crippen LogP contribution >= 0.6 is 11.3 Å². The molecule has 4 rings (SSSR count). The highest BCUT2D eigenvalue weighted by molar-refractivity contribution is 7.14. The number of carbonyl (C=O) groups excluding carboxylic acids is 2. The predicted molar refractivity (Wildman–Crippen MR) is 112 cm³/mol. The second-order valence-electron chi connectivity index (χ2n) is 6.56.